The number of phenols is 1. The van der Waals surface area contributed by atoms with Crippen molar-refractivity contribution in [2.45, 2.75) is 13.5 Å². The lowest BCUT2D eigenvalue weighted by atomic mass is 10.2. The summed E-state index contributed by atoms with van der Waals surface area (Å²) in [5, 5.41) is 14.7. The molecule has 78 valence electrons. The molecular weight excluding hydrogens is 206 g/mol. The van der Waals surface area contributed by atoms with Gasteiger partial charge < -0.3 is 10.4 Å². The van der Waals surface area contributed by atoms with Crippen molar-refractivity contribution in [1.29, 1.82) is 0 Å². The van der Waals surface area contributed by atoms with Crippen LogP contribution in [-0.4, -0.2) is 5.11 Å². The summed E-state index contributed by atoms with van der Waals surface area (Å²) in [6.45, 7) is 2.92. The van der Waals surface area contributed by atoms with E-state index in [-0.39, 0.29) is 0 Å². The highest BCUT2D eigenvalue weighted by Gasteiger charge is 1.99. The molecule has 1 aromatic carbocycles. The highest BCUT2D eigenvalue weighted by Crippen LogP contribution is 2.19. The minimum Gasteiger partial charge on any atom is -0.508 e. The Bertz CT molecular complexity index is 450. The number of nitrogens with one attached hydrogen (secondary N) is 1. The summed E-state index contributed by atoms with van der Waals surface area (Å²) in [6.07, 6.45) is 0. The van der Waals surface area contributed by atoms with Gasteiger partial charge in [-0.05, 0) is 36.1 Å². The Labute approximate surface area is 93.2 Å². The number of phenolic OH excluding ortho intramolecular Hbond substituents is 1. The summed E-state index contributed by atoms with van der Waals surface area (Å²) < 4.78 is 0. The Morgan fingerprint density at radius 2 is 2.20 bits per heavy atom. The lowest BCUT2D eigenvalue weighted by Crippen LogP contribution is -1.98. The second-order valence-electron chi connectivity index (χ2n) is 3.43. The molecule has 0 fully saturated rings. The number of anilines is 1. The monoisotopic (exact) mass is 219 g/mol. The molecule has 2 aromatic rings. The molecule has 0 saturated carbocycles. The van der Waals surface area contributed by atoms with Gasteiger partial charge in [0.05, 0.1) is 0 Å². The van der Waals surface area contributed by atoms with Gasteiger partial charge in [0.1, 0.15) is 5.75 Å². The van der Waals surface area contributed by atoms with E-state index in [4.69, 9.17) is 0 Å². The zero-order chi connectivity index (χ0) is 10.7. The van der Waals surface area contributed by atoms with Crippen molar-refractivity contribution in [2.24, 2.45) is 0 Å². The van der Waals surface area contributed by atoms with Gasteiger partial charge in [-0.2, -0.15) is 0 Å². The molecule has 1 aromatic heterocycles. The number of thiophene rings is 1. The summed E-state index contributed by atoms with van der Waals surface area (Å²) in [4.78, 5) is 1.33. The fourth-order valence-electron chi connectivity index (χ4n) is 1.38. The number of hydrogen-bond donors (Lipinski definition) is 2. The van der Waals surface area contributed by atoms with E-state index in [2.05, 4.69) is 23.7 Å². The van der Waals surface area contributed by atoms with Crippen LogP contribution in [0.3, 0.4) is 0 Å². The standard InChI is InChI=1S/C12H13NOS/c1-9-5-6-15-12(9)8-13-10-3-2-4-11(14)7-10/h2-7,13-14H,8H2,1H3. The summed E-state index contributed by atoms with van der Waals surface area (Å²) in [5.41, 5.74) is 2.26. The molecular formula is C12H13NOS. The van der Waals surface area contributed by atoms with Gasteiger partial charge in [0.25, 0.3) is 0 Å². The molecule has 0 aliphatic carbocycles. The van der Waals surface area contributed by atoms with Crippen LogP contribution >= 0.6 is 11.3 Å². The molecule has 0 atom stereocenters. The van der Waals surface area contributed by atoms with Crippen molar-refractivity contribution in [3.05, 3.63) is 46.2 Å². The third-order valence-electron chi connectivity index (χ3n) is 2.27. The van der Waals surface area contributed by atoms with Crippen LogP contribution in [-0.2, 0) is 6.54 Å². The van der Waals surface area contributed by atoms with Gasteiger partial charge in [-0.15, -0.1) is 11.3 Å². The number of aryl methyl sites for hydroxylation is 1. The molecule has 15 heavy (non-hydrogen) atoms. The van der Waals surface area contributed by atoms with Gasteiger partial charge in [-0.3, -0.25) is 0 Å². The van der Waals surface area contributed by atoms with Crippen molar-refractivity contribution in [1.82, 2.24) is 0 Å². The topological polar surface area (TPSA) is 32.3 Å². The van der Waals surface area contributed by atoms with Gasteiger partial charge in [-0.1, -0.05) is 6.07 Å². The molecule has 0 aliphatic rings. The van der Waals surface area contributed by atoms with Gasteiger partial charge in [0, 0.05) is 23.2 Å². The van der Waals surface area contributed by atoms with Crippen molar-refractivity contribution in [2.75, 3.05) is 5.32 Å². The lowest BCUT2D eigenvalue weighted by molar-refractivity contribution is 0.475. The molecule has 0 saturated heterocycles. The minimum absolute atomic E-state index is 0.294. The third kappa shape index (κ3) is 2.50. The fourth-order valence-corrected chi connectivity index (χ4v) is 2.23. The maximum atomic E-state index is 9.29. The van der Waals surface area contributed by atoms with Crippen LogP contribution in [0, 0.1) is 6.92 Å². The summed E-state index contributed by atoms with van der Waals surface area (Å²) in [6, 6.07) is 9.29. The van der Waals surface area contributed by atoms with E-state index in [1.165, 1.54) is 10.4 Å². The Balaban J connectivity index is 2.02. The quantitative estimate of drug-likeness (QED) is 0.829. The minimum atomic E-state index is 0.294. The van der Waals surface area contributed by atoms with E-state index in [0.29, 0.717) is 5.75 Å². The van der Waals surface area contributed by atoms with E-state index >= 15 is 0 Å². The maximum Gasteiger partial charge on any atom is 0.117 e. The van der Waals surface area contributed by atoms with Crippen LogP contribution in [0.2, 0.25) is 0 Å². The third-order valence-corrected chi connectivity index (χ3v) is 3.29. The first-order chi connectivity index (χ1) is 7.25. The van der Waals surface area contributed by atoms with E-state index in [9.17, 15) is 5.11 Å². The lowest BCUT2D eigenvalue weighted by Gasteiger charge is -2.05. The smallest absolute Gasteiger partial charge is 0.117 e. The van der Waals surface area contributed by atoms with Gasteiger partial charge in [0.2, 0.25) is 0 Å². The van der Waals surface area contributed by atoms with Crippen LogP contribution in [0.1, 0.15) is 10.4 Å². The van der Waals surface area contributed by atoms with Crippen molar-refractivity contribution in [3.8, 4) is 5.75 Å². The highest BCUT2D eigenvalue weighted by molar-refractivity contribution is 7.10. The molecule has 0 aliphatic heterocycles. The van der Waals surface area contributed by atoms with Crippen LogP contribution in [0.4, 0.5) is 5.69 Å². The molecule has 2 rings (SSSR count). The van der Waals surface area contributed by atoms with Crippen molar-refractivity contribution >= 4 is 17.0 Å². The van der Waals surface area contributed by atoms with Crippen LogP contribution in [0.5, 0.6) is 5.75 Å². The molecule has 0 spiro atoms. The highest BCUT2D eigenvalue weighted by atomic mass is 32.1. The molecule has 0 unspecified atom stereocenters. The SMILES string of the molecule is Cc1ccsc1CNc1cccc(O)c1. The maximum absolute atomic E-state index is 9.29. The first-order valence-corrected chi connectivity index (χ1v) is 5.69. The predicted octanol–water partition coefficient (Wildman–Crippen LogP) is 3.37. The summed E-state index contributed by atoms with van der Waals surface area (Å²) in [7, 11) is 0. The second-order valence-corrected chi connectivity index (χ2v) is 4.43. The van der Waals surface area contributed by atoms with Gasteiger partial charge in [-0.25, -0.2) is 0 Å². The normalized spacial score (nSPS) is 10.2. The molecule has 0 radical (unpaired) electrons. The molecule has 0 bridgehead atoms. The Hall–Kier alpha value is -1.48. The van der Waals surface area contributed by atoms with Crippen LogP contribution in [0.25, 0.3) is 0 Å². The Morgan fingerprint density at radius 1 is 1.33 bits per heavy atom. The van der Waals surface area contributed by atoms with Gasteiger partial charge >= 0.3 is 0 Å². The number of hydrogen-bond acceptors (Lipinski definition) is 3. The number of rotatable bonds is 3. The molecule has 0 amide bonds. The molecule has 1 heterocycles. The second kappa shape index (κ2) is 4.36. The van der Waals surface area contributed by atoms with E-state index in [0.717, 1.165) is 12.2 Å². The van der Waals surface area contributed by atoms with E-state index in [1.54, 1.807) is 23.5 Å². The first-order valence-electron chi connectivity index (χ1n) is 4.81. The van der Waals surface area contributed by atoms with E-state index < -0.39 is 0 Å². The Kier molecular flexibility index (Phi) is 2.92. The van der Waals surface area contributed by atoms with Crippen LogP contribution in [0.15, 0.2) is 35.7 Å². The van der Waals surface area contributed by atoms with Crippen molar-refractivity contribution < 1.29 is 5.11 Å². The predicted molar refractivity (Wildman–Crippen MR) is 64.5 cm³/mol. The average Bonchev–Trinajstić information content (AvgIpc) is 2.61. The van der Waals surface area contributed by atoms with Gasteiger partial charge in [0.15, 0.2) is 0 Å². The van der Waals surface area contributed by atoms with Crippen molar-refractivity contribution in [3.63, 3.8) is 0 Å². The largest absolute Gasteiger partial charge is 0.508 e. The molecule has 2 nitrogen and oxygen atoms in total. The summed E-state index contributed by atoms with van der Waals surface area (Å²) in [5.74, 6) is 0.294. The summed E-state index contributed by atoms with van der Waals surface area (Å²) >= 11 is 1.75. The zero-order valence-corrected chi connectivity index (χ0v) is 9.34. The number of benzene rings is 1. The van der Waals surface area contributed by atoms with Crippen LogP contribution < -0.4 is 5.32 Å². The molecule has 3 heteroatoms. The Morgan fingerprint density at radius 3 is 2.87 bits per heavy atom. The molecule has 2 N–H and O–H groups in total. The zero-order valence-electron chi connectivity index (χ0n) is 8.53. The fraction of sp³-hybridized carbons (Fsp3) is 0.167. The first kappa shape index (κ1) is 10.1. The van der Waals surface area contributed by atoms with E-state index in [1.807, 2.05) is 12.1 Å². The number of aromatic hydroxyl groups is 1. The average molecular weight is 219 g/mol.